The van der Waals surface area contributed by atoms with E-state index in [2.05, 4.69) is 11.0 Å². The first-order valence-electron chi connectivity index (χ1n) is 7.93. The molecule has 1 aliphatic carbocycles. The number of ether oxygens (including phenoxy) is 1. The zero-order valence-electron chi connectivity index (χ0n) is 14.1. The second-order valence-electron chi connectivity index (χ2n) is 6.16. The maximum Gasteiger partial charge on any atom is 0.276 e. The van der Waals surface area contributed by atoms with Crippen LogP contribution in [0.5, 0.6) is 5.75 Å². The zero-order chi connectivity index (χ0) is 17.3. The first-order valence-corrected chi connectivity index (χ1v) is 9.81. The van der Waals surface area contributed by atoms with E-state index in [4.69, 9.17) is 21.5 Å². The van der Waals surface area contributed by atoms with Gasteiger partial charge in [-0.1, -0.05) is 23.3 Å². The Bertz CT molecular complexity index is 760. The molecule has 2 aliphatic rings. The lowest BCUT2D eigenvalue weighted by atomic mass is 9.91. The van der Waals surface area contributed by atoms with Gasteiger partial charge in [-0.05, 0) is 30.5 Å². The Kier molecular flexibility index (Phi) is 6.75. The van der Waals surface area contributed by atoms with Crippen molar-refractivity contribution < 1.29 is 13.2 Å². The third kappa shape index (κ3) is 4.67. The van der Waals surface area contributed by atoms with E-state index in [0.29, 0.717) is 26.2 Å². The Morgan fingerprint density at radius 2 is 1.88 bits per heavy atom. The summed E-state index contributed by atoms with van der Waals surface area (Å²) in [5.41, 5.74) is 3.51. The summed E-state index contributed by atoms with van der Waals surface area (Å²) in [6.07, 6.45) is 4.01. The van der Waals surface area contributed by atoms with E-state index < -0.39 is 10.2 Å². The summed E-state index contributed by atoms with van der Waals surface area (Å²) in [7, 11) is -1.90. The summed E-state index contributed by atoms with van der Waals surface area (Å²) in [6.45, 7) is 3.08. The van der Waals surface area contributed by atoms with E-state index in [1.807, 2.05) is 12.1 Å². The monoisotopic (exact) mass is 407 g/mol. The predicted octanol–water partition coefficient (Wildman–Crippen LogP) is 1.92. The lowest BCUT2D eigenvalue weighted by Gasteiger charge is -2.34. The minimum atomic E-state index is -3.57. The van der Waals surface area contributed by atoms with Crippen molar-refractivity contribution in [1.82, 2.24) is 9.21 Å². The first-order chi connectivity index (χ1) is 11.4. The summed E-state index contributed by atoms with van der Waals surface area (Å²) in [6, 6.07) is 3.77. The van der Waals surface area contributed by atoms with Crippen LogP contribution in [-0.4, -0.2) is 57.5 Å². The van der Waals surface area contributed by atoms with Gasteiger partial charge in [0.05, 0.1) is 7.11 Å². The molecule has 1 heterocycles. The van der Waals surface area contributed by atoms with Crippen molar-refractivity contribution in [1.29, 1.82) is 0 Å². The Hall–Kier alpha value is -0.830. The number of benzene rings is 1. The van der Waals surface area contributed by atoms with Gasteiger partial charge in [-0.3, -0.25) is 4.90 Å². The number of rotatable bonds is 4. The Balaban J connectivity index is 0.00000225. The molecule has 1 aliphatic heterocycles. The summed E-state index contributed by atoms with van der Waals surface area (Å²) in [5.74, 6) is 0.881. The van der Waals surface area contributed by atoms with Gasteiger partial charge in [0.25, 0.3) is 10.2 Å². The van der Waals surface area contributed by atoms with Gasteiger partial charge in [-0.15, -0.1) is 12.4 Å². The highest BCUT2D eigenvalue weighted by Crippen LogP contribution is 2.36. The highest BCUT2D eigenvalue weighted by atomic mass is 35.5. The van der Waals surface area contributed by atoms with E-state index in [-0.39, 0.29) is 12.4 Å². The Morgan fingerprint density at radius 3 is 2.48 bits per heavy atom. The molecule has 1 aromatic carbocycles. The largest absolute Gasteiger partial charge is 0.496 e. The molecule has 0 bridgehead atoms. The highest BCUT2D eigenvalue weighted by molar-refractivity contribution is 7.86. The van der Waals surface area contributed by atoms with Gasteiger partial charge in [0.15, 0.2) is 0 Å². The Labute approximate surface area is 160 Å². The van der Waals surface area contributed by atoms with E-state index in [1.165, 1.54) is 9.88 Å². The van der Waals surface area contributed by atoms with Crippen molar-refractivity contribution in [2.75, 3.05) is 39.8 Å². The van der Waals surface area contributed by atoms with Crippen LogP contribution in [0.1, 0.15) is 17.5 Å². The molecule has 0 unspecified atom stereocenters. The standard InChI is InChI=1S/C16H22ClN3O3S.ClH/c1-23-16-5-4-15(17)14-10-12(2-3-13(14)16)11-19-6-8-20(9-7-19)24(18,21)22;/h4-5,10H,2-3,6-9,11H2,1H3,(H2,18,21,22);1H. The third-order valence-corrected chi connectivity index (χ3v) is 6.06. The fourth-order valence-electron chi connectivity index (χ4n) is 3.34. The lowest BCUT2D eigenvalue weighted by molar-refractivity contribution is 0.200. The maximum atomic E-state index is 11.4. The predicted molar refractivity (Wildman–Crippen MR) is 103 cm³/mol. The van der Waals surface area contributed by atoms with Crippen molar-refractivity contribution in [2.24, 2.45) is 5.14 Å². The summed E-state index contributed by atoms with van der Waals surface area (Å²) >= 11 is 6.35. The number of halogens is 2. The number of hydrogen-bond donors (Lipinski definition) is 1. The quantitative estimate of drug-likeness (QED) is 0.826. The lowest BCUT2D eigenvalue weighted by Crippen LogP contribution is -2.50. The van der Waals surface area contributed by atoms with Gasteiger partial charge in [-0.2, -0.15) is 12.7 Å². The minimum Gasteiger partial charge on any atom is -0.496 e. The molecule has 1 fully saturated rings. The molecule has 0 aromatic heterocycles. The van der Waals surface area contributed by atoms with Crippen molar-refractivity contribution in [3.05, 3.63) is 33.9 Å². The number of methoxy groups -OCH3 is 1. The van der Waals surface area contributed by atoms with Gasteiger partial charge in [0.2, 0.25) is 0 Å². The molecule has 1 aromatic rings. The van der Waals surface area contributed by atoms with Crippen molar-refractivity contribution in [3.8, 4) is 5.75 Å². The van der Waals surface area contributed by atoms with Gasteiger partial charge in [0.1, 0.15) is 5.75 Å². The van der Waals surface area contributed by atoms with E-state index in [0.717, 1.165) is 41.3 Å². The normalized spacial score (nSPS) is 18.9. The van der Waals surface area contributed by atoms with Gasteiger partial charge in [0, 0.05) is 43.3 Å². The molecule has 3 rings (SSSR count). The third-order valence-electron chi connectivity index (χ3n) is 4.64. The number of piperazine rings is 1. The SMILES string of the molecule is COc1ccc(Cl)c2c1CCC(CN1CCN(S(N)(=O)=O)CC1)=C2.Cl. The van der Waals surface area contributed by atoms with Crippen LogP contribution in [0, 0.1) is 0 Å². The van der Waals surface area contributed by atoms with Crippen LogP contribution in [0.4, 0.5) is 0 Å². The number of fused-ring (bicyclic) bond motifs is 1. The molecule has 0 atom stereocenters. The molecule has 25 heavy (non-hydrogen) atoms. The molecule has 9 heteroatoms. The summed E-state index contributed by atoms with van der Waals surface area (Å²) in [5, 5.41) is 5.92. The summed E-state index contributed by atoms with van der Waals surface area (Å²) < 4.78 is 29.5. The van der Waals surface area contributed by atoms with Crippen molar-refractivity contribution in [2.45, 2.75) is 12.8 Å². The highest BCUT2D eigenvalue weighted by Gasteiger charge is 2.25. The second-order valence-corrected chi connectivity index (χ2v) is 8.12. The van der Waals surface area contributed by atoms with E-state index >= 15 is 0 Å². The second kappa shape index (κ2) is 8.24. The van der Waals surface area contributed by atoms with Crippen molar-refractivity contribution in [3.63, 3.8) is 0 Å². The van der Waals surface area contributed by atoms with Gasteiger partial charge in [-0.25, -0.2) is 5.14 Å². The minimum absolute atomic E-state index is 0. The van der Waals surface area contributed by atoms with E-state index in [9.17, 15) is 8.42 Å². The molecule has 6 nitrogen and oxygen atoms in total. The first kappa shape index (κ1) is 20.5. The molecule has 0 amide bonds. The van der Waals surface area contributed by atoms with Crippen LogP contribution in [-0.2, 0) is 16.6 Å². The van der Waals surface area contributed by atoms with Gasteiger partial charge < -0.3 is 4.74 Å². The van der Waals surface area contributed by atoms with Crippen LogP contribution in [0.25, 0.3) is 6.08 Å². The van der Waals surface area contributed by atoms with Crippen LogP contribution in [0.3, 0.4) is 0 Å². The number of nitrogens with zero attached hydrogens (tertiary/aromatic N) is 2. The molecule has 0 spiro atoms. The van der Waals surface area contributed by atoms with Crippen LogP contribution < -0.4 is 9.88 Å². The number of hydrogen-bond acceptors (Lipinski definition) is 4. The van der Waals surface area contributed by atoms with Gasteiger partial charge >= 0.3 is 0 Å². The Morgan fingerprint density at radius 1 is 1.20 bits per heavy atom. The molecular weight excluding hydrogens is 385 g/mol. The molecule has 0 saturated carbocycles. The molecule has 0 radical (unpaired) electrons. The smallest absolute Gasteiger partial charge is 0.276 e. The number of nitrogens with two attached hydrogens (primary N) is 1. The van der Waals surface area contributed by atoms with Crippen LogP contribution >= 0.6 is 24.0 Å². The average Bonchev–Trinajstić information content (AvgIpc) is 2.55. The summed E-state index contributed by atoms with van der Waals surface area (Å²) in [4.78, 5) is 2.26. The van der Waals surface area contributed by atoms with E-state index in [1.54, 1.807) is 7.11 Å². The fourth-order valence-corrected chi connectivity index (χ4v) is 4.24. The topological polar surface area (TPSA) is 75.9 Å². The van der Waals surface area contributed by atoms with Crippen LogP contribution in [0.2, 0.25) is 5.02 Å². The van der Waals surface area contributed by atoms with Crippen LogP contribution in [0.15, 0.2) is 17.7 Å². The molecule has 140 valence electrons. The average molecular weight is 408 g/mol. The molecule has 1 saturated heterocycles. The van der Waals surface area contributed by atoms with Crippen molar-refractivity contribution >= 4 is 40.3 Å². The fraction of sp³-hybridized carbons (Fsp3) is 0.500. The molecular formula is C16H23Cl2N3O3S. The molecule has 2 N–H and O–H groups in total. The maximum absolute atomic E-state index is 11.4. The zero-order valence-corrected chi connectivity index (χ0v) is 16.5.